The van der Waals surface area contributed by atoms with Gasteiger partial charge in [0.15, 0.2) is 5.76 Å². The maximum atomic E-state index is 9.01. The molecule has 4 heteroatoms. The lowest BCUT2D eigenvalue weighted by molar-refractivity contribution is 0.576. The molecule has 0 aliphatic rings. The first-order chi connectivity index (χ1) is 7.16. The number of hydrogen-bond acceptors (Lipinski definition) is 2. The molecule has 0 atom stereocenters. The predicted molar refractivity (Wildman–Crippen MR) is 60.3 cm³/mol. The molecule has 76 valence electrons. The van der Waals surface area contributed by atoms with E-state index in [2.05, 4.69) is 22.0 Å². The molecule has 0 aromatic carbocycles. The number of rotatable bonds is 1. The van der Waals surface area contributed by atoms with Crippen LogP contribution in [0.1, 0.15) is 11.3 Å². The van der Waals surface area contributed by atoms with Crippen molar-refractivity contribution in [2.24, 2.45) is 7.05 Å². The molecule has 2 rings (SSSR count). The van der Waals surface area contributed by atoms with Gasteiger partial charge in [0.2, 0.25) is 0 Å². The zero-order valence-corrected chi connectivity index (χ0v) is 10.00. The third-order valence-corrected chi connectivity index (χ3v) is 3.27. The van der Waals surface area contributed by atoms with E-state index in [0.29, 0.717) is 5.56 Å². The molecule has 3 nitrogen and oxygen atoms in total. The molecule has 0 unspecified atom stereocenters. The normalized spacial score (nSPS) is 10.3. The van der Waals surface area contributed by atoms with E-state index >= 15 is 0 Å². The summed E-state index contributed by atoms with van der Waals surface area (Å²) in [7, 11) is 1.92. The van der Waals surface area contributed by atoms with E-state index in [9.17, 15) is 0 Å². The highest BCUT2D eigenvalue weighted by atomic mass is 79.9. The smallest absolute Gasteiger partial charge is 0.151 e. The van der Waals surface area contributed by atoms with Crippen molar-refractivity contribution in [3.63, 3.8) is 0 Å². The molecule has 0 fully saturated rings. The third-order valence-electron chi connectivity index (χ3n) is 2.49. The Morgan fingerprint density at radius 2 is 2.27 bits per heavy atom. The van der Waals surface area contributed by atoms with Gasteiger partial charge in [-0.2, -0.15) is 5.26 Å². The Hall–Kier alpha value is -1.47. The Bertz CT molecular complexity index is 532. The Morgan fingerprint density at radius 3 is 2.73 bits per heavy atom. The summed E-state index contributed by atoms with van der Waals surface area (Å²) in [5, 5.41) is 9.01. The van der Waals surface area contributed by atoms with Crippen LogP contribution in [-0.4, -0.2) is 4.57 Å². The fraction of sp³-hybridized carbons (Fsp3) is 0.182. The fourth-order valence-electron chi connectivity index (χ4n) is 1.58. The molecule has 15 heavy (non-hydrogen) atoms. The molecule has 2 heterocycles. The second-order valence-electron chi connectivity index (χ2n) is 3.27. The van der Waals surface area contributed by atoms with Crippen LogP contribution in [-0.2, 0) is 7.05 Å². The minimum atomic E-state index is 0.656. The third kappa shape index (κ3) is 1.40. The summed E-state index contributed by atoms with van der Waals surface area (Å²) < 4.78 is 8.07. The second kappa shape index (κ2) is 3.59. The molecule has 0 saturated carbocycles. The van der Waals surface area contributed by atoms with E-state index in [0.717, 1.165) is 21.6 Å². The predicted octanol–water partition coefficient (Wildman–Crippen LogP) is 3.23. The van der Waals surface area contributed by atoms with E-state index in [1.54, 1.807) is 6.26 Å². The molecule has 0 bridgehead atoms. The Balaban J connectivity index is 2.74. The van der Waals surface area contributed by atoms with E-state index < -0.39 is 0 Å². The van der Waals surface area contributed by atoms with E-state index in [4.69, 9.17) is 9.68 Å². The topological polar surface area (TPSA) is 41.9 Å². The van der Waals surface area contributed by atoms with Crippen LogP contribution in [0.4, 0.5) is 0 Å². The van der Waals surface area contributed by atoms with Gasteiger partial charge in [-0.1, -0.05) is 0 Å². The van der Waals surface area contributed by atoms with Crippen molar-refractivity contribution in [3.05, 3.63) is 34.1 Å². The highest BCUT2D eigenvalue weighted by Crippen LogP contribution is 2.34. The van der Waals surface area contributed by atoms with Gasteiger partial charge >= 0.3 is 0 Å². The van der Waals surface area contributed by atoms with Gasteiger partial charge in [-0.25, -0.2) is 0 Å². The molecular weight excluding hydrogens is 256 g/mol. The van der Waals surface area contributed by atoms with Gasteiger partial charge in [-0.15, -0.1) is 0 Å². The van der Waals surface area contributed by atoms with Crippen LogP contribution >= 0.6 is 15.9 Å². The maximum absolute atomic E-state index is 9.01. The van der Waals surface area contributed by atoms with Gasteiger partial charge < -0.3 is 8.98 Å². The van der Waals surface area contributed by atoms with Gasteiger partial charge in [-0.3, -0.25) is 0 Å². The van der Waals surface area contributed by atoms with E-state index in [1.165, 1.54) is 0 Å². The minimum Gasteiger partial charge on any atom is -0.463 e. The summed E-state index contributed by atoms with van der Waals surface area (Å²) >= 11 is 3.43. The van der Waals surface area contributed by atoms with E-state index in [1.807, 2.05) is 30.7 Å². The van der Waals surface area contributed by atoms with Crippen molar-refractivity contribution in [2.45, 2.75) is 6.92 Å². The molecule has 2 aromatic rings. The van der Waals surface area contributed by atoms with Crippen molar-refractivity contribution < 1.29 is 4.42 Å². The van der Waals surface area contributed by atoms with Gasteiger partial charge in [0.05, 0.1) is 22.0 Å². The van der Waals surface area contributed by atoms with Crippen molar-refractivity contribution in [3.8, 4) is 17.5 Å². The van der Waals surface area contributed by atoms with Crippen LogP contribution in [0.15, 0.2) is 27.3 Å². The van der Waals surface area contributed by atoms with Crippen LogP contribution in [0.2, 0.25) is 0 Å². The number of halogens is 1. The van der Waals surface area contributed by atoms with Gasteiger partial charge in [0.25, 0.3) is 0 Å². The Kier molecular flexibility index (Phi) is 2.41. The zero-order valence-electron chi connectivity index (χ0n) is 8.41. The summed E-state index contributed by atoms with van der Waals surface area (Å²) in [4.78, 5) is 0. The van der Waals surface area contributed by atoms with Crippen LogP contribution in [0.5, 0.6) is 0 Å². The average Bonchev–Trinajstić information content (AvgIpc) is 2.77. The molecule has 0 N–H and O–H groups in total. The first-order valence-electron chi connectivity index (χ1n) is 4.45. The summed E-state index contributed by atoms with van der Waals surface area (Å²) in [6.07, 6.45) is 1.62. The largest absolute Gasteiger partial charge is 0.463 e. The monoisotopic (exact) mass is 264 g/mol. The second-order valence-corrected chi connectivity index (χ2v) is 4.06. The number of nitrogens with zero attached hydrogens (tertiary/aromatic N) is 2. The molecular formula is C11H9BrN2O. The number of aromatic nitrogens is 1. The quantitative estimate of drug-likeness (QED) is 0.794. The Labute approximate surface area is 96.1 Å². The molecule has 0 radical (unpaired) electrons. The molecule has 0 aliphatic carbocycles. The van der Waals surface area contributed by atoms with Crippen LogP contribution in [0.25, 0.3) is 11.5 Å². The highest BCUT2D eigenvalue weighted by molar-refractivity contribution is 9.10. The summed E-state index contributed by atoms with van der Waals surface area (Å²) in [6, 6.07) is 5.88. The van der Waals surface area contributed by atoms with Crippen LogP contribution in [0.3, 0.4) is 0 Å². The maximum Gasteiger partial charge on any atom is 0.151 e. The molecule has 0 spiro atoms. The van der Waals surface area contributed by atoms with Crippen molar-refractivity contribution in [2.75, 3.05) is 0 Å². The molecule has 2 aromatic heterocycles. The lowest BCUT2D eigenvalue weighted by Gasteiger charge is -2.01. The van der Waals surface area contributed by atoms with Crippen molar-refractivity contribution >= 4 is 15.9 Å². The van der Waals surface area contributed by atoms with Crippen molar-refractivity contribution in [1.29, 1.82) is 5.26 Å². The standard InChI is InChI=1S/C11H9BrN2O/c1-7-8(6-13)10(12)11(14(7)2)9-4-3-5-15-9/h3-5H,1-2H3. The number of hydrogen-bond donors (Lipinski definition) is 0. The summed E-state index contributed by atoms with van der Waals surface area (Å²) in [6.45, 7) is 1.91. The van der Waals surface area contributed by atoms with E-state index in [-0.39, 0.29) is 0 Å². The van der Waals surface area contributed by atoms with Crippen molar-refractivity contribution in [1.82, 2.24) is 4.57 Å². The van der Waals surface area contributed by atoms with Gasteiger partial charge in [-0.05, 0) is 35.0 Å². The van der Waals surface area contributed by atoms with Crippen LogP contribution in [0, 0.1) is 18.3 Å². The average molecular weight is 265 g/mol. The summed E-state index contributed by atoms with van der Waals surface area (Å²) in [5.74, 6) is 0.758. The molecule has 0 aliphatic heterocycles. The molecule has 0 saturated heterocycles. The lowest BCUT2D eigenvalue weighted by atomic mass is 10.2. The number of furan rings is 1. The van der Waals surface area contributed by atoms with Gasteiger partial charge in [0.1, 0.15) is 6.07 Å². The molecule has 0 amide bonds. The zero-order chi connectivity index (χ0) is 11.0. The number of nitriles is 1. The SMILES string of the molecule is Cc1c(C#N)c(Br)c(-c2ccco2)n1C. The lowest BCUT2D eigenvalue weighted by Crippen LogP contribution is -1.93. The minimum absolute atomic E-state index is 0.656. The summed E-state index contributed by atoms with van der Waals surface area (Å²) in [5.41, 5.74) is 2.48. The first kappa shape index (κ1) is 10.1. The Morgan fingerprint density at radius 1 is 1.53 bits per heavy atom. The fourth-order valence-corrected chi connectivity index (χ4v) is 2.41. The highest BCUT2D eigenvalue weighted by Gasteiger charge is 2.18. The first-order valence-corrected chi connectivity index (χ1v) is 5.25. The van der Waals surface area contributed by atoms with Gasteiger partial charge in [0, 0.05) is 12.7 Å². The van der Waals surface area contributed by atoms with Crippen LogP contribution < -0.4 is 0 Å².